The Bertz CT molecular complexity index is 129. The smallest absolute Gasteiger partial charge is 0.0773 e. The van der Waals surface area contributed by atoms with Crippen LogP contribution in [0.25, 0.3) is 0 Å². The van der Waals surface area contributed by atoms with Crippen molar-refractivity contribution in [1.29, 1.82) is 0 Å². The minimum atomic E-state index is -0.479. The van der Waals surface area contributed by atoms with Crippen LogP contribution in [0.5, 0.6) is 0 Å². The zero-order chi connectivity index (χ0) is 8.32. The molecule has 1 fully saturated rings. The topological polar surface area (TPSA) is 55.5 Å². The first kappa shape index (κ1) is 8.97. The van der Waals surface area contributed by atoms with Gasteiger partial charge in [-0.15, -0.1) is 0 Å². The van der Waals surface area contributed by atoms with Gasteiger partial charge in [-0.3, -0.25) is 0 Å². The maximum absolute atomic E-state index is 9.05. The molecule has 2 atom stereocenters. The highest BCUT2D eigenvalue weighted by Crippen LogP contribution is 2.27. The van der Waals surface area contributed by atoms with Gasteiger partial charge >= 0.3 is 0 Å². The third kappa shape index (κ3) is 1.72. The van der Waals surface area contributed by atoms with Gasteiger partial charge in [0.1, 0.15) is 0 Å². The van der Waals surface area contributed by atoms with Crippen LogP contribution in [-0.2, 0) is 4.74 Å². The summed E-state index contributed by atoms with van der Waals surface area (Å²) in [6.07, 6.45) is 4.17. The van der Waals surface area contributed by atoms with Crippen molar-refractivity contribution in [1.82, 2.24) is 0 Å². The summed E-state index contributed by atoms with van der Waals surface area (Å²) in [5, 5.41) is 9.05. The Kier molecular flexibility index (Phi) is 2.87. The molecule has 1 aliphatic rings. The summed E-state index contributed by atoms with van der Waals surface area (Å²) in [4.78, 5) is 0. The number of methoxy groups -OCH3 is 1. The first-order chi connectivity index (χ1) is 5.23. The summed E-state index contributed by atoms with van der Waals surface area (Å²) >= 11 is 0. The number of nitrogens with two attached hydrogens (primary N) is 1. The lowest BCUT2D eigenvalue weighted by Crippen LogP contribution is -2.56. The van der Waals surface area contributed by atoms with E-state index in [1.54, 1.807) is 7.11 Å². The highest BCUT2D eigenvalue weighted by Gasteiger charge is 2.36. The zero-order valence-corrected chi connectivity index (χ0v) is 7.05. The van der Waals surface area contributed by atoms with E-state index in [0.29, 0.717) is 0 Å². The number of ether oxygens (including phenoxy) is 1. The molecule has 11 heavy (non-hydrogen) atoms. The maximum Gasteiger partial charge on any atom is 0.0773 e. The van der Waals surface area contributed by atoms with E-state index in [9.17, 15) is 0 Å². The molecular weight excluding hydrogens is 142 g/mol. The Hall–Kier alpha value is -0.120. The highest BCUT2D eigenvalue weighted by molar-refractivity contribution is 4.94. The molecule has 0 amide bonds. The predicted molar refractivity (Wildman–Crippen MR) is 43.3 cm³/mol. The molecule has 0 saturated heterocycles. The molecule has 3 heteroatoms. The number of aliphatic hydroxyl groups excluding tert-OH is 1. The van der Waals surface area contributed by atoms with Crippen LogP contribution in [0.4, 0.5) is 0 Å². The second-order valence-electron chi connectivity index (χ2n) is 3.36. The third-order valence-corrected chi connectivity index (χ3v) is 2.58. The van der Waals surface area contributed by atoms with Crippen molar-refractivity contribution in [2.45, 2.75) is 37.3 Å². The van der Waals surface area contributed by atoms with Crippen molar-refractivity contribution in [2.75, 3.05) is 13.7 Å². The van der Waals surface area contributed by atoms with E-state index < -0.39 is 5.54 Å². The van der Waals surface area contributed by atoms with Crippen molar-refractivity contribution >= 4 is 0 Å². The predicted octanol–water partition coefficient (Wildman–Crippen LogP) is 0.265. The summed E-state index contributed by atoms with van der Waals surface area (Å²) in [5.41, 5.74) is 5.46. The molecule has 1 saturated carbocycles. The second-order valence-corrected chi connectivity index (χ2v) is 3.36. The van der Waals surface area contributed by atoms with E-state index in [1.807, 2.05) is 0 Å². The standard InChI is InChI=1S/C8H17NO2/c1-11-7-4-2-3-5-8(7,9)6-10/h7,10H,2-6,9H2,1H3. The lowest BCUT2D eigenvalue weighted by molar-refractivity contribution is -0.0188. The maximum atomic E-state index is 9.05. The first-order valence-corrected chi connectivity index (χ1v) is 4.15. The first-order valence-electron chi connectivity index (χ1n) is 4.15. The number of hydrogen-bond acceptors (Lipinski definition) is 3. The van der Waals surface area contributed by atoms with Gasteiger partial charge in [0.2, 0.25) is 0 Å². The molecule has 1 rings (SSSR count). The molecule has 0 aromatic rings. The third-order valence-electron chi connectivity index (χ3n) is 2.58. The lowest BCUT2D eigenvalue weighted by atomic mass is 9.80. The molecule has 0 aromatic carbocycles. The average molecular weight is 159 g/mol. The van der Waals surface area contributed by atoms with Crippen LogP contribution in [0.1, 0.15) is 25.7 Å². The molecule has 0 spiro atoms. The van der Waals surface area contributed by atoms with Crippen molar-refractivity contribution < 1.29 is 9.84 Å². The molecule has 3 nitrogen and oxygen atoms in total. The lowest BCUT2D eigenvalue weighted by Gasteiger charge is -2.38. The SMILES string of the molecule is COC1CCCCC1(N)CO. The Labute approximate surface area is 67.5 Å². The van der Waals surface area contributed by atoms with Gasteiger partial charge in [-0.05, 0) is 12.8 Å². The van der Waals surface area contributed by atoms with E-state index >= 15 is 0 Å². The van der Waals surface area contributed by atoms with E-state index in [0.717, 1.165) is 25.7 Å². The fraction of sp³-hybridized carbons (Fsp3) is 1.00. The van der Waals surface area contributed by atoms with Crippen LogP contribution in [0.15, 0.2) is 0 Å². The van der Waals surface area contributed by atoms with Gasteiger partial charge in [0.15, 0.2) is 0 Å². The molecule has 0 aromatic heterocycles. The molecule has 0 radical (unpaired) electrons. The fourth-order valence-corrected chi connectivity index (χ4v) is 1.77. The second kappa shape index (κ2) is 3.52. The van der Waals surface area contributed by atoms with Crippen molar-refractivity contribution in [3.8, 4) is 0 Å². The van der Waals surface area contributed by atoms with Crippen LogP contribution in [0.3, 0.4) is 0 Å². The highest BCUT2D eigenvalue weighted by atomic mass is 16.5. The quantitative estimate of drug-likeness (QED) is 0.608. The van der Waals surface area contributed by atoms with E-state index in [2.05, 4.69) is 0 Å². The van der Waals surface area contributed by atoms with Crippen molar-refractivity contribution in [2.24, 2.45) is 5.73 Å². The zero-order valence-electron chi connectivity index (χ0n) is 7.05. The van der Waals surface area contributed by atoms with Crippen LogP contribution in [0.2, 0.25) is 0 Å². The monoisotopic (exact) mass is 159 g/mol. The minimum absolute atomic E-state index is 0.0332. The Morgan fingerprint density at radius 3 is 2.82 bits per heavy atom. The van der Waals surface area contributed by atoms with Gasteiger partial charge in [0, 0.05) is 7.11 Å². The largest absolute Gasteiger partial charge is 0.394 e. The number of rotatable bonds is 2. The van der Waals surface area contributed by atoms with E-state index in [1.165, 1.54) is 0 Å². The van der Waals surface area contributed by atoms with Gasteiger partial charge in [0.05, 0.1) is 18.2 Å². The molecule has 2 unspecified atom stereocenters. The average Bonchev–Trinajstić information content (AvgIpc) is 2.05. The molecule has 0 heterocycles. The van der Waals surface area contributed by atoms with Gasteiger partial charge in [-0.25, -0.2) is 0 Å². The Morgan fingerprint density at radius 2 is 2.36 bits per heavy atom. The number of hydrogen-bond donors (Lipinski definition) is 2. The molecule has 0 aliphatic heterocycles. The molecule has 66 valence electrons. The van der Waals surface area contributed by atoms with Crippen molar-refractivity contribution in [3.05, 3.63) is 0 Å². The number of aliphatic hydroxyl groups is 1. The van der Waals surface area contributed by atoms with Crippen LogP contribution in [0, 0.1) is 0 Å². The molecule has 1 aliphatic carbocycles. The summed E-state index contributed by atoms with van der Waals surface area (Å²) in [6, 6.07) is 0. The molecule has 0 bridgehead atoms. The molecule has 3 N–H and O–H groups in total. The summed E-state index contributed by atoms with van der Waals surface area (Å²) in [6.45, 7) is 0.0332. The molecular formula is C8H17NO2. The summed E-state index contributed by atoms with van der Waals surface area (Å²) in [7, 11) is 1.66. The minimum Gasteiger partial charge on any atom is -0.394 e. The van der Waals surface area contributed by atoms with Gasteiger partial charge in [-0.1, -0.05) is 12.8 Å². The van der Waals surface area contributed by atoms with Crippen LogP contribution < -0.4 is 5.73 Å². The summed E-state index contributed by atoms with van der Waals surface area (Å²) < 4.78 is 5.21. The van der Waals surface area contributed by atoms with Crippen molar-refractivity contribution in [3.63, 3.8) is 0 Å². The fourth-order valence-electron chi connectivity index (χ4n) is 1.77. The van der Waals surface area contributed by atoms with Crippen LogP contribution in [-0.4, -0.2) is 30.5 Å². The van der Waals surface area contributed by atoms with Gasteiger partial charge < -0.3 is 15.6 Å². The normalized spacial score (nSPS) is 39.0. The van der Waals surface area contributed by atoms with Gasteiger partial charge in [-0.2, -0.15) is 0 Å². The Morgan fingerprint density at radius 1 is 1.64 bits per heavy atom. The van der Waals surface area contributed by atoms with Gasteiger partial charge in [0.25, 0.3) is 0 Å². The van der Waals surface area contributed by atoms with E-state index in [4.69, 9.17) is 15.6 Å². The Balaban J connectivity index is 2.57. The summed E-state index contributed by atoms with van der Waals surface area (Å²) in [5.74, 6) is 0. The van der Waals surface area contributed by atoms with Crippen LogP contribution >= 0.6 is 0 Å². The van der Waals surface area contributed by atoms with E-state index in [-0.39, 0.29) is 12.7 Å².